The second-order valence-electron chi connectivity index (χ2n) is 5.05. The zero-order chi connectivity index (χ0) is 11.8. The number of likely N-dealkylation sites (tertiary alicyclic amines) is 1. The molecular weight excluding hydrogens is 214 g/mol. The smallest absolute Gasteiger partial charge is 0.335 e. The van der Waals surface area contributed by atoms with E-state index < -0.39 is 5.97 Å². The fourth-order valence-corrected chi connectivity index (χ4v) is 2.84. The van der Waals surface area contributed by atoms with Crippen LogP contribution < -0.4 is 0 Å². The van der Waals surface area contributed by atoms with Crippen LogP contribution in [0.4, 0.5) is 0 Å². The predicted molar refractivity (Wildman–Crippen MR) is 65.1 cm³/mol. The molecule has 2 aliphatic rings. The first kappa shape index (κ1) is 10.8. The van der Waals surface area contributed by atoms with Gasteiger partial charge in [0.2, 0.25) is 0 Å². The van der Waals surface area contributed by atoms with Crippen molar-refractivity contribution in [2.45, 2.75) is 37.8 Å². The molecule has 1 unspecified atom stereocenters. The average Bonchev–Trinajstić information content (AvgIpc) is 3.07. The van der Waals surface area contributed by atoms with E-state index >= 15 is 0 Å². The van der Waals surface area contributed by atoms with Crippen molar-refractivity contribution >= 4 is 5.97 Å². The minimum atomic E-state index is -0.845. The summed E-state index contributed by atoms with van der Waals surface area (Å²) in [5.41, 5.74) is 1.66. The molecule has 0 bridgehead atoms. The van der Waals surface area contributed by atoms with Crippen LogP contribution in [-0.2, 0) is 0 Å². The Balaban J connectivity index is 1.80. The Kier molecular flexibility index (Phi) is 2.63. The molecule has 1 aliphatic carbocycles. The van der Waals surface area contributed by atoms with Crippen LogP contribution in [0.2, 0.25) is 0 Å². The molecule has 1 saturated carbocycles. The lowest BCUT2D eigenvalue weighted by Gasteiger charge is -2.24. The second kappa shape index (κ2) is 4.15. The number of carbonyl (C=O) groups is 1. The van der Waals surface area contributed by atoms with Crippen molar-refractivity contribution in [2.75, 3.05) is 6.54 Å². The fraction of sp³-hybridized carbons (Fsp3) is 0.500. The predicted octanol–water partition coefficient (Wildman–Crippen LogP) is 2.68. The van der Waals surface area contributed by atoms with Gasteiger partial charge in [0.15, 0.2) is 0 Å². The molecule has 2 fully saturated rings. The maximum Gasteiger partial charge on any atom is 0.335 e. The van der Waals surface area contributed by atoms with Gasteiger partial charge in [-0.25, -0.2) is 4.79 Å². The van der Waals surface area contributed by atoms with Crippen molar-refractivity contribution in [1.82, 2.24) is 4.90 Å². The van der Waals surface area contributed by atoms with Crippen LogP contribution in [0.15, 0.2) is 24.3 Å². The highest BCUT2D eigenvalue weighted by Crippen LogP contribution is 2.40. The summed E-state index contributed by atoms with van der Waals surface area (Å²) in [7, 11) is 0. The molecule has 1 heterocycles. The third-order valence-corrected chi connectivity index (χ3v) is 3.85. The second-order valence-corrected chi connectivity index (χ2v) is 5.05. The van der Waals surface area contributed by atoms with Crippen molar-refractivity contribution < 1.29 is 9.90 Å². The summed E-state index contributed by atoms with van der Waals surface area (Å²) < 4.78 is 0. The molecular formula is C14H17NO2. The van der Waals surface area contributed by atoms with Gasteiger partial charge in [0.1, 0.15) is 0 Å². The summed E-state index contributed by atoms with van der Waals surface area (Å²) in [5.74, 6) is -0.845. The zero-order valence-electron chi connectivity index (χ0n) is 9.80. The number of hydrogen-bond donors (Lipinski definition) is 1. The monoisotopic (exact) mass is 231 g/mol. The molecule has 0 spiro atoms. The highest BCUT2D eigenvalue weighted by molar-refractivity contribution is 5.87. The Morgan fingerprint density at radius 1 is 1.18 bits per heavy atom. The summed E-state index contributed by atoms with van der Waals surface area (Å²) in [6.45, 7) is 1.20. The van der Waals surface area contributed by atoms with E-state index in [0.29, 0.717) is 11.6 Å². The minimum Gasteiger partial charge on any atom is -0.478 e. The summed E-state index contributed by atoms with van der Waals surface area (Å²) in [5, 5.41) is 8.88. The first-order chi connectivity index (χ1) is 8.25. The van der Waals surface area contributed by atoms with Crippen LogP contribution in [-0.4, -0.2) is 28.6 Å². The molecule has 0 amide bonds. The molecule has 0 aromatic heterocycles. The third kappa shape index (κ3) is 2.07. The molecule has 0 radical (unpaired) electrons. The van der Waals surface area contributed by atoms with Gasteiger partial charge in [-0.15, -0.1) is 0 Å². The van der Waals surface area contributed by atoms with E-state index in [1.807, 2.05) is 12.1 Å². The summed E-state index contributed by atoms with van der Waals surface area (Å²) in [6.07, 6.45) is 5.15. The van der Waals surface area contributed by atoms with Crippen molar-refractivity contribution in [3.63, 3.8) is 0 Å². The molecule has 1 atom stereocenters. The lowest BCUT2D eigenvalue weighted by Crippen LogP contribution is -2.25. The van der Waals surface area contributed by atoms with Crippen LogP contribution in [0.5, 0.6) is 0 Å². The van der Waals surface area contributed by atoms with E-state index in [2.05, 4.69) is 4.90 Å². The van der Waals surface area contributed by atoms with E-state index in [0.717, 1.165) is 6.04 Å². The maximum absolute atomic E-state index is 10.8. The van der Waals surface area contributed by atoms with Crippen molar-refractivity contribution in [2.24, 2.45) is 0 Å². The SMILES string of the molecule is O=C(O)c1ccc(C2CCCN2C2CC2)cc1. The lowest BCUT2D eigenvalue weighted by molar-refractivity contribution is 0.0697. The van der Waals surface area contributed by atoms with Crippen molar-refractivity contribution in [1.29, 1.82) is 0 Å². The standard InChI is InChI=1S/C14H17NO2/c16-14(17)11-5-3-10(4-6-11)13-2-1-9-15(13)12-7-8-12/h3-6,12-13H,1-2,7-9H2,(H,16,17). The van der Waals surface area contributed by atoms with Crippen LogP contribution in [0, 0.1) is 0 Å². The molecule has 90 valence electrons. The van der Waals surface area contributed by atoms with Crippen molar-refractivity contribution in [3.05, 3.63) is 35.4 Å². The van der Waals surface area contributed by atoms with E-state index in [4.69, 9.17) is 5.11 Å². The highest BCUT2D eigenvalue weighted by atomic mass is 16.4. The van der Waals surface area contributed by atoms with Gasteiger partial charge in [-0.05, 0) is 49.9 Å². The van der Waals surface area contributed by atoms with E-state index in [1.54, 1.807) is 12.1 Å². The quantitative estimate of drug-likeness (QED) is 0.869. The van der Waals surface area contributed by atoms with E-state index in [9.17, 15) is 4.79 Å². The third-order valence-electron chi connectivity index (χ3n) is 3.85. The van der Waals surface area contributed by atoms with Gasteiger partial charge < -0.3 is 5.11 Å². The Morgan fingerprint density at radius 2 is 1.88 bits per heavy atom. The summed E-state index contributed by atoms with van der Waals surface area (Å²) in [6, 6.07) is 8.72. The molecule has 3 rings (SSSR count). The summed E-state index contributed by atoms with van der Waals surface area (Å²) >= 11 is 0. The van der Waals surface area contributed by atoms with E-state index in [-0.39, 0.29) is 0 Å². The highest BCUT2D eigenvalue weighted by Gasteiger charge is 2.37. The van der Waals surface area contributed by atoms with Crippen LogP contribution >= 0.6 is 0 Å². The Hall–Kier alpha value is -1.35. The van der Waals surface area contributed by atoms with Crippen LogP contribution in [0.25, 0.3) is 0 Å². The molecule has 3 nitrogen and oxygen atoms in total. The molecule has 1 aromatic rings. The van der Waals surface area contributed by atoms with Crippen LogP contribution in [0.1, 0.15) is 47.6 Å². The normalized spacial score (nSPS) is 25.1. The molecule has 1 aromatic carbocycles. The van der Waals surface area contributed by atoms with Crippen LogP contribution in [0.3, 0.4) is 0 Å². The van der Waals surface area contributed by atoms with Gasteiger partial charge in [0.25, 0.3) is 0 Å². The topological polar surface area (TPSA) is 40.5 Å². The lowest BCUT2D eigenvalue weighted by atomic mass is 10.0. The first-order valence-electron chi connectivity index (χ1n) is 6.35. The minimum absolute atomic E-state index is 0.379. The Morgan fingerprint density at radius 3 is 2.47 bits per heavy atom. The number of nitrogens with zero attached hydrogens (tertiary/aromatic N) is 1. The van der Waals surface area contributed by atoms with Gasteiger partial charge in [-0.1, -0.05) is 12.1 Å². The molecule has 3 heteroatoms. The number of aromatic carboxylic acids is 1. The summed E-state index contributed by atoms with van der Waals surface area (Å²) in [4.78, 5) is 13.4. The zero-order valence-corrected chi connectivity index (χ0v) is 9.80. The number of carboxylic acid groups (broad SMARTS) is 1. The van der Waals surface area contributed by atoms with Gasteiger partial charge in [0, 0.05) is 12.1 Å². The molecule has 1 aliphatic heterocycles. The van der Waals surface area contributed by atoms with Gasteiger partial charge in [-0.2, -0.15) is 0 Å². The number of benzene rings is 1. The van der Waals surface area contributed by atoms with Gasteiger partial charge >= 0.3 is 5.97 Å². The Labute approximate surface area is 101 Å². The fourth-order valence-electron chi connectivity index (χ4n) is 2.84. The number of hydrogen-bond acceptors (Lipinski definition) is 2. The van der Waals surface area contributed by atoms with Gasteiger partial charge in [-0.3, -0.25) is 4.90 Å². The molecule has 1 saturated heterocycles. The van der Waals surface area contributed by atoms with Gasteiger partial charge in [0.05, 0.1) is 5.56 Å². The van der Waals surface area contributed by atoms with E-state index in [1.165, 1.54) is 37.8 Å². The number of carboxylic acids is 1. The average molecular weight is 231 g/mol. The molecule has 1 N–H and O–H groups in total. The van der Waals surface area contributed by atoms with Crippen molar-refractivity contribution in [3.8, 4) is 0 Å². The largest absolute Gasteiger partial charge is 0.478 e. The Bertz CT molecular complexity index is 422. The molecule has 17 heavy (non-hydrogen) atoms. The maximum atomic E-state index is 10.8. The first-order valence-corrected chi connectivity index (χ1v) is 6.35. The number of rotatable bonds is 3.